The molecule has 1 N–H and O–H groups in total. The Hall–Kier alpha value is -1.85. The van der Waals surface area contributed by atoms with Crippen LogP contribution in [0.4, 0.5) is 5.69 Å². The highest BCUT2D eigenvalue weighted by molar-refractivity contribution is 9.10. The Kier molecular flexibility index (Phi) is 5.98. The summed E-state index contributed by atoms with van der Waals surface area (Å²) in [4.78, 5) is 23.4. The average molecular weight is 383 g/mol. The van der Waals surface area contributed by atoms with Crippen molar-refractivity contribution in [2.24, 2.45) is 0 Å². The van der Waals surface area contributed by atoms with E-state index in [-0.39, 0.29) is 13.0 Å². The van der Waals surface area contributed by atoms with E-state index in [4.69, 9.17) is 16.3 Å². The predicted molar refractivity (Wildman–Crippen MR) is 88.9 cm³/mol. The van der Waals surface area contributed by atoms with Crippen LogP contribution in [0, 0.1) is 0 Å². The number of amides is 1. The molecule has 2 aromatic rings. The van der Waals surface area contributed by atoms with Crippen LogP contribution in [0.25, 0.3) is 0 Å². The molecule has 0 aliphatic carbocycles. The van der Waals surface area contributed by atoms with Crippen molar-refractivity contribution >= 4 is 45.1 Å². The lowest BCUT2D eigenvalue weighted by Gasteiger charge is -2.07. The molecule has 22 heavy (non-hydrogen) atoms. The lowest BCUT2D eigenvalue weighted by Crippen LogP contribution is -2.21. The molecule has 0 heterocycles. The van der Waals surface area contributed by atoms with E-state index in [0.717, 1.165) is 4.47 Å². The summed E-state index contributed by atoms with van der Waals surface area (Å²) in [5.74, 6) is -0.900. The van der Waals surface area contributed by atoms with E-state index in [1.807, 2.05) is 6.07 Å². The van der Waals surface area contributed by atoms with Gasteiger partial charge >= 0.3 is 5.97 Å². The monoisotopic (exact) mass is 381 g/mol. The molecule has 0 aliphatic heterocycles. The maximum absolute atomic E-state index is 11.7. The van der Waals surface area contributed by atoms with Crippen LogP contribution in [-0.4, -0.2) is 18.5 Å². The molecule has 0 saturated carbocycles. The first-order chi connectivity index (χ1) is 10.5. The average Bonchev–Trinajstić information content (AvgIpc) is 2.48. The topological polar surface area (TPSA) is 55.4 Å². The van der Waals surface area contributed by atoms with Gasteiger partial charge in [-0.2, -0.15) is 0 Å². The van der Waals surface area contributed by atoms with Crippen LogP contribution in [0.3, 0.4) is 0 Å². The fraction of sp³-hybridized carbons (Fsp3) is 0.125. The van der Waals surface area contributed by atoms with E-state index >= 15 is 0 Å². The van der Waals surface area contributed by atoms with Gasteiger partial charge in [-0.1, -0.05) is 51.8 Å². The summed E-state index contributed by atoms with van der Waals surface area (Å²) in [5.41, 5.74) is 1.29. The maximum Gasteiger partial charge on any atom is 0.310 e. The first-order valence-electron chi connectivity index (χ1n) is 6.49. The summed E-state index contributed by atoms with van der Waals surface area (Å²) in [7, 11) is 0. The van der Waals surface area contributed by atoms with E-state index < -0.39 is 11.9 Å². The van der Waals surface area contributed by atoms with Gasteiger partial charge in [-0.25, -0.2) is 0 Å². The third-order valence-electron chi connectivity index (χ3n) is 2.77. The van der Waals surface area contributed by atoms with Crippen LogP contribution >= 0.6 is 27.5 Å². The molecule has 0 atom stereocenters. The third kappa shape index (κ3) is 5.16. The van der Waals surface area contributed by atoms with E-state index in [9.17, 15) is 9.59 Å². The standard InChI is InChI=1S/C16H13BrClNO3/c17-12-5-3-6-13(9-12)19-15(20)10-22-16(21)8-11-4-1-2-7-14(11)18/h1-7,9H,8,10H2,(H,19,20). The highest BCUT2D eigenvalue weighted by Gasteiger charge is 2.10. The Morgan fingerprint density at radius 2 is 1.91 bits per heavy atom. The van der Waals surface area contributed by atoms with Gasteiger partial charge in [-0.3, -0.25) is 9.59 Å². The predicted octanol–water partition coefficient (Wildman–Crippen LogP) is 3.83. The zero-order valence-corrected chi connectivity index (χ0v) is 13.9. The third-order valence-corrected chi connectivity index (χ3v) is 3.63. The SMILES string of the molecule is O=C(COC(=O)Cc1ccccc1Cl)Nc1cccc(Br)c1. The highest BCUT2D eigenvalue weighted by atomic mass is 79.9. The Morgan fingerprint density at radius 1 is 1.14 bits per heavy atom. The van der Waals surface area contributed by atoms with Crippen molar-refractivity contribution in [3.63, 3.8) is 0 Å². The number of nitrogens with one attached hydrogen (secondary N) is 1. The molecule has 0 aliphatic rings. The number of anilines is 1. The minimum atomic E-state index is -0.502. The number of hydrogen-bond acceptors (Lipinski definition) is 3. The van der Waals surface area contributed by atoms with Crippen LogP contribution in [0.2, 0.25) is 5.02 Å². The normalized spacial score (nSPS) is 10.1. The van der Waals surface area contributed by atoms with E-state index in [2.05, 4.69) is 21.2 Å². The Balaban J connectivity index is 1.81. The molecule has 0 bridgehead atoms. The second-order valence-electron chi connectivity index (χ2n) is 4.49. The van der Waals surface area contributed by atoms with Crippen molar-refractivity contribution in [3.8, 4) is 0 Å². The van der Waals surface area contributed by atoms with Gasteiger partial charge in [-0.05, 0) is 29.8 Å². The summed E-state index contributed by atoms with van der Waals surface area (Å²) >= 11 is 9.27. The lowest BCUT2D eigenvalue weighted by molar-refractivity contribution is -0.146. The van der Waals surface area contributed by atoms with Gasteiger partial charge in [0, 0.05) is 15.2 Å². The molecule has 0 saturated heterocycles. The minimum Gasteiger partial charge on any atom is -0.455 e. The fourth-order valence-electron chi connectivity index (χ4n) is 1.76. The number of ether oxygens (including phenoxy) is 1. The number of rotatable bonds is 5. The molecule has 4 nitrogen and oxygen atoms in total. The van der Waals surface area contributed by atoms with E-state index in [1.54, 1.807) is 42.5 Å². The van der Waals surface area contributed by atoms with E-state index in [1.165, 1.54) is 0 Å². The second kappa shape index (κ2) is 7.96. The molecule has 0 spiro atoms. The Morgan fingerprint density at radius 3 is 2.64 bits per heavy atom. The number of carbonyl (C=O) groups excluding carboxylic acids is 2. The number of esters is 1. The molecular formula is C16H13BrClNO3. The van der Waals surface area contributed by atoms with Crippen molar-refractivity contribution in [3.05, 3.63) is 63.6 Å². The molecule has 1 amide bonds. The molecule has 6 heteroatoms. The van der Waals surface area contributed by atoms with Crippen molar-refractivity contribution in [1.82, 2.24) is 0 Å². The Bertz CT molecular complexity index is 691. The smallest absolute Gasteiger partial charge is 0.310 e. The van der Waals surface area contributed by atoms with Crippen LogP contribution in [0.15, 0.2) is 53.0 Å². The van der Waals surface area contributed by atoms with Gasteiger partial charge in [0.15, 0.2) is 6.61 Å². The number of benzene rings is 2. The molecule has 0 fully saturated rings. The summed E-state index contributed by atoms with van der Waals surface area (Å²) in [6, 6.07) is 14.1. The number of carbonyl (C=O) groups is 2. The van der Waals surface area contributed by atoms with Crippen LogP contribution < -0.4 is 5.32 Å². The van der Waals surface area contributed by atoms with E-state index in [0.29, 0.717) is 16.3 Å². The first-order valence-corrected chi connectivity index (χ1v) is 7.66. The first kappa shape index (κ1) is 16.5. The van der Waals surface area contributed by atoms with Gasteiger partial charge in [-0.15, -0.1) is 0 Å². The summed E-state index contributed by atoms with van der Waals surface area (Å²) < 4.78 is 5.79. The van der Waals surface area contributed by atoms with Crippen molar-refractivity contribution in [1.29, 1.82) is 0 Å². The van der Waals surface area contributed by atoms with Crippen molar-refractivity contribution < 1.29 is 14.3 Å². The zero-order valence-electron chi connectivity index (χ0n) is 11.5. The lowest BCUT2D eigenvalue weighted by atomic mass is 10.1. The summed E-state index contributed by atoms with van der Waals surface area (Å²) in [6.45, 7) is -0.338. The molecule has 0 unspecified atom stereocenters. The molecule has 2 aromatic carbocycles. The van der Waals surface area contributed by atoms with Gasteiger partial charge in [0.25, 0.3) is 5.91 Å². The summed E-state index contributed by atoms with van der Waals surface area (Å²) in [5, 5.41) is 3.14. The summed E-state index contributed by atoms with van der Waals surface area (Å²) in [6.07, 6.45) is 0.0316. The largest absolute Gasteiger partial charge is 0.455 e. The highest BCUT2D eigenvalue weighted by Crippen LogP contribution is 2.16. The van der Waals surface area contributed by atoms with Crippen molar-refractivity contribution in [2.75, 3.05) is 11.9 Å². The van der Waals surface area contributed by atoms with Crippen molar-refractivity contribution in [2.45, 2.75) is 6.42 Å². The minimum absolute atomic E-state index is 0.0316. The number of halogens is 2. The van der Waals surface area contributed by atoms with Gasteiger partial charge in [0.05, 0.1) is 6.42 Å². The molecule has 114 valence electrons. The van der Waals surface area contributed by atoms with Gasteiger partial charge in [0.1, 0.15) is 0 Å². The maximum atomic E-state index is 11.7. The molecule has 0 radical (unpaired) electrons. The number of hydrogen-bond donors (Lipinski definition) is 1. The zero-order chi connectivity index (χ0) is 15.9. The Labute approximate surface area is 141 Å². The van der Waals surface area contributed by atoms with Crippen LogP contribution in [0.1, 0.15) is 5.56 Å². The van der Waals surface area contributed by atoms with Crippen LogP contribution in [-0.2, 0) is 20.7 Å². The second-order valence-corrected chi connectivity index (χ2v) is 5.81. The van der Waals surface area contributed by atoms with Gasteiger partial charge < -0.3 is 10.1 Å². The molecular weight excluding hydrogens is 370 g/mol. The van der Waals surface area contributed by atoms with Gasteiger partial charge in [0.2, 0.25) is 0 Å². The fourth-order valence-corrected chi connectivity index (χ4v) is 2.36. The quantitative estimate of drug-likeness (QED) is 0.800. The molecule has 2 rings (SSSR count). The molecule has 0 aromatic heterocycles. The van der Waals surface area contributed by atoms with Crippen LogP contribution in [0.5, 0.6) is 0 Å².